The number of benzene rings is 2. The number of carbonyl (C=O) groups excluding carboxylic acids is 2. The molecule has 0 atom stereocenters. The van der Waals surface area contributed by atoms with Crippen molar-refractivity contribution in [1.82, 2.24) is 0 Å². The lowest BCUT2D eigenvalue weighted by atomic mass is 10.1. The van der Waals surface area contributed by atoms with Gasteiger partial charge in [0.2, 0.25) is 11.8 Å². The van der Waals surface area contributed by atoms with E-state index in [1.807, 2.05) is 51.1 Å². The number of rotatable bonds is 9. The molecule has 0 aromatic heterocycles. The lowest BCUT2D eigenvalue weighted by Gasteiger charge is -2.12. The van der Waals surface area contributed by atoms with Crippen LogP contribution in [0.25, 0.3) is 6.08 Å². The lowest BCUT2D eigenvalue weighted by Crippen LogP contribution is -2.13. The first-order valence-corrected chi connectivity index (χ1v) is 9.69. The van der Waals surface area contributed by atoms with Gasteiger partial charge in [0.05, 0.1) is 24.6 Å². The van der Waals surface area contributed by atoms with Crippen LogP contribution in [0.15, 0.2) is 42.5 Å². The maximum absolute atomic E-state index is 12.4. The molecule has 0 fully saturated rings. The highest BCUT2D eigenvalue weighted by Gasteiger charge is 2.08. The maximum Gasteiger partial charge on any atom is 0.248 e. The standard InChI is InChI=1S/C23H28N2O4/c1-5-13-29-21-11-8-18(15-22(21)28-6-2)9-12-23(27)25-20-14-16(3)7-10-19(20)24-17(4)26/h7-12,14-15H,5-6,13H2,1-4H3,(H,24,26)(H,25,27)/b12-9+. The average Bonchev–Trinajstić information content (AvgIpc) is 2.67. The predicted molar refractivity (Wildman–Crippen MR) is 117 cm³/mol. The van der Waals surface area contributed by atoms with E-state index in [0.717, 1.165) is 17.5 Å². The van der Waals surface area contributed by atoms with E-state index in [4.69, 9.17) is 9.47 Å². The van der Waals surface area contributed by atoms with Crippen molar-refractivity contribution in [3.8, 4) is 11.5 Å². The number of anilines is 2. The van der Waals surface area contributed by atoms with E-state index < -0.39 is 0 Å². The summed E-state index contributed by atoms with van der Waals surface area (Å²) in [6.07, 6.45) is 4.06. The van der Waals surface area contributed by atoms with Gasteiger partial charge in [-0.2, -0.15) is 0 Å². The van der Waals surface area contributed by atoms with Crippen LogP contribution in [0, 0.1) is 6.92 Å². The molecule has 0 aliphatic rings. The van der Waals surface area contributed by atoms with E-state index in [-0.39, 0.29) is 11.8 Å². The predicted octanol–water partition coefficient (Wildman–Crippen LogP) is 4.79. The molecule has 2 rings (SSSR count). The van der Waals surface area contributed by atoms with E-state index >= 15 is 0 Å². The molecule has 0 saturated carbocycles. The highest BCUT2D eigenvalue weighted by molar-refractivity contribution is 6.05. The number of carbonyl (C=O) groups is 2. The largest absolute Gasteiger partial charge is 0.490 e. The van der Waals surface area contributed by atoms with Crippen LogP contribution in [0.5, 0.6) is 11.5 Å². The molecule has 2 N–H and O–H groups in total. The number of hydrogen-bond donors (Lipinski definition) is 2. The van der Waals surface area contributed by atoms with Gasteiger partial charge in [-0.1, -0.05) is 19.1 Å². The van der Waals surface area contributed by atoms with Crippen LogP contribution < -0.4 is 20.1 Å². The molecule has 0 heterocycles. The molecule has 6 heteroatoms. The number of amides is 2. The van der Waals surface area contributed by atoms with Gasteiger partial charge in [0.25, 0.3) is 0 Å². The van der Waals surface area contributed by atoms with Gasteiger partial charge in [0.1, 0.15) is 0 Å². The third kappa shape index (κ3) is 6.99. The molecule has 154 valence electrons. The van der Waals surface area contributed by atoms with Gasteiger partial charge in [-0.3, -0.25) is 9.59 Å². The Labute approximate surface area is 171 Å². The molecule has 2 aromatic carbocycles. The molecule has 2 aromatic rings. The summed E-state index contributed by atoms with van der Waals surface area (Å²) in [4.78, 5) is 23.8. The molecule has 29 heavy (non-hydrogen) atoms. The second-order valence-corrected chi connectivity index (χ2v) is 6.54. The Morgan fingerprint density at radius 2 is 1.76 bits per heavy atom. The quantitative estimate of drug-likeness (QED) is 0.597. The third-order valence-electron chi connectivity index (χ3n) is 3.90. The SMILES string of the molecule is CCCOc1ccc(/C=C/C(=O)Nc2cc(C)ccc2NC(C)=O)cc1OCC. The van der Waals surface area contributed by atoms with Gasteiger partial charge in [-0.25, -0.2) is 0 Å². The first-order valence-electron chi connectivity index (χ1n) is 9.69. The zero-order chi connectivity index (χ0) is 21.2. The molecule has 0 unspecified atom stereocenters. The van der Waals surface area contributed by atoms with Crippen LogP contribution in [0.1, 0.15) is 38.3 Å². The monoisotopic (exact) mass is 396 g/mol. The van der Waals surface area contributed by atoms with Crippen LogP contribution in [0.3, 0.4) is 0 Å². The summed E-state index contributed by atoms with van der Waals surface area (Å²) in [5.74, 6) is 0.838. The molecule has 0 spiro atoms. The van der Waals surface area contributed by atoms with Crippen LogP contribution >= 0.6 is 0 Å². The van der Waals surface area contributed by atoms with E-state index in [1.165, 1.54) is 13.0 Å². The van der Waals surface area contributed by atoms with Crippen molar-refractivity contribution >= 4 is 29.3 Å². The molecule has 2 amide bonds. The Hall–Kier alpha value is -3.28. The lowest BCUT2D eigenvalue weighted by molar-refractivity contribution is -0.114. The molecule has 0 saturated heterocycles. The Bertz CT molecular complexity index is 890. The second-order valence-electron chi connectivity index (χ2n) is 6.54. The van der Waals surface area contributed by atoms with Crippen LogP contribution in [0.4, 0.5) is 11.4 Å². The zero-order valence-corrected chi connectivity index (χ0v) is 17.4. The first kappa shape index (κ1) is 22.0. The minimum Gasteiger partial charge on any atom is -0.490 e. The molecular formula is C23H28N2O4. The van der Waals surface area contributed by atoms with Crippen molar-refractivity contribution in [2.75, 3.05) is 23.8 Å². The van der Waals surface area contributed by atoms with Crippen LogP contribution in [-0.4, -0.2) is 25.0 Å². The topological polar surface area (TPSA) is 76.7 Å². The highest BCUT2D eigenvalue weighted by atomic mass is 16.5. The minimum atomic E-state index is -0.300. The summed E-state index contributed by atoms with van der Waals surface area (Å²) in [6, 6.07) is 11.0. The fourth-order valence-corrected chi connectivity index (χ4v) is 2.63. The summed E-state index contributed by atoms with van der Waals surface area (Å²) < 4.78 is 11.3. The van der Waals surface area contributed by atoms with Crippen LogP contribution in [0.2, 0.25) is 0 Å². The molecule has 0 radical (unpaired) electrons. The fraction of sp³-hybridized carbons (Fsp3) is 0.304. The molecule has 0 aliphatic heterocycles. The smallest absolute Gasteiger partial charge is 0.248 e. The van der Waals surface area contributed by atoms with Crippen LogP contribution in [-0.2, 0) is 9.59 Å². The number of aryl methyl sites for hydroxylation is 1. The van der Waals surface area contributed by atoms with Crippen molar-refractivity contribution in [3.63, 3.8) is 0 Å². The number of nitrogens with one attached hydrogen (secondary N) is 2. The van der Waals surface area contributed by atoms with Gasteiger partial charge in [0.15, 0.2) is 11.5 Å². The van der Waals surface area contributed by atoms with Gasteiger partial charge in [-0.05, 0) is 61.7 Å². The fourth-order valence-electron chi connectivity index (χ4n) is 2.63. The number of ether oxygens (including phenoxy) is 2. The second kappa shape index (κ2) is 10.9. The van der Waals surface area contributed by atoms with Gasteiger partial charge in [-0.15, -0.1) is 0 Å². The number of hydrogen-bond acceptors (Lipinski definition) is 4. The van der Waals surface area contributed by atoms with E-state index in [9.17, 15) is 9.59 Å². The van der Waals surface area contributed by atoms with Crippen molar-refractivity contribution in [2.24, 2.45) is 0 Å². The highest BCUT2D eigenvalue weighted by Crippen LogP contribution is 2.29. The minimum absolute atomic E-state index is 0.200. The molecule has 0 bridgehead atoms. The Morgan fingerprint density at radius 3 is 2.45 bits per heavy atom. The van der Waals surface area contributed by atoms with Gasteiger partial charge < -0.3 is 20.1 Å². The van der Waals surface area contributed by atoms with E-state index in [2.05, 4.69) is 10.6 Å². The van der Waals surface area contributed by atoms with Crippen molar-refractivity contribution in [1.29, 1.82) is 0 Å². The molecule has 0 aliphatic carbocycles. The van der Waals surface area contributed by atoms with E-state index in [0.29, 0.717) is 36.1 Å². The first-order chi connectivity index (χ1) is 13.9. The third-order valence-corrected chi connectivity index (χ3v) is 3.90. The Kier molecular flexibility index (Phi) is 8.27. The normalized spacial score (nSPS) is 10.6. The molecular weight excluding hydrogens is 368 g/mol. The summed E-state index contributed by atoms with van der Waals surface area (Å²) in [6.45, 7) is 8.44. The van der Waals surface area contributed by atoms with E-state index in [1.54, 1.807) is 12.1 Å². The Morgan fingerprint density at radius 1 is 0.966 bits per heavy atom. The van der Waals surface area contributed by atoms with Gasteiger partial charge in [0, 0.05) is 13.0 Å². The Balaban J connectivity index is 2.13. The zero-order valence-electron chi connectivity index (χ0n) is 17.4. The van der Waals surface area contributed by atoms with Crippen molar-refractivity contribution in [2.45, 2.75) is 34.1 Å². The van der Waals surface area contributed by atoms with Crippen molar-refractivity contribution < 1.29 is 19.1 Å². The van der Waals surface area contributed by atoms with Gasteiger partial charge >= 0.3 is 0 Å². The maximum atomic E-state index is 12.4. The summed E-state index contributed by atoms with van der Waals surface area (Å²) in [7, 11) is 0. The van der Waals surface area contributed by atoms with Crippen molar-refractivity contribution in [3.05, 3.63) is 53.6 Å². The summed E-state index contributed by atoms with van der Waals surface area (Å²) >= 11 is 0. The average molecular weight is 396 g/mol. The molecule has 6 nitrogen and oxygen atoms in total. The summed E-state index contributed by atoms with van der Waals surface area (Å²) in [5, 5.41) is 5.53. The summed E-state index contributed by atoms with van der Waals surface area (Å²) in [5.41, 5.74) is 2.90.